The lowest BCUT2D eigenvalue weighted by molar-refractivity contribution is 0.225. The SMILES string of the molecule is OC1c2ccccc2-c2nn(Nc3ccccc3)cc21. The number of hydrogen-bond acceptors (Lipinski definition) is 3. The highest BCUT2D eigenvalue weighted by Gasteiger charge is 2.29. The average Bonchev–Trinajstić information content (AvgIpc) is 3.01. The van der Waals surface area contributed by atoms with Gasteiger partial charge in [-0.15, -0.1) is 0 Å². The number of benzene rings is 2. The monoisotopic (exact) mass is 263 g/mol. The van der Waals surface area contributed by atoms with Crippen LogP contribution in [-0.4, -0.2) is 15.0 Å². The van der Waals surface area contributed by atoms with Crippen LogP contribution in [0.15, 0.2) is 60.8 Å². The van der Waals surface area contributed by atoms with E-state index < -0.39 is 6.10 Å². The van der Waals surface area contributed by atoms with Gasteiger partial charge < -0.3 is 5.11 Å². The number of aliphatic hydroxyl groups excluding tert-OH is 1. The lowest BCUT2D eigenvalue weighted by Gasteiger charge is -2.07. The van der Waals surface area contributed by atoms with Crippen molar-refractivity contribution >= 4 is 5.69 Å². The standard InChI is InChI=1S/C16H13N3O/c20-16-13-9-5-4-8-12(13)15-14(16)10-19(18-15)17-11-6-2-1-3-7-11/h1-10,16-17,20H. The van der Waals surface area contributed by atoms with Crippen LogP contribution in [0.1, 0.15) is 17.2 Å². The van der Waals surface area contributed by atoms with Gasteiger partial charge in [-0.1, -0.05) is 42.5 Å². The molecule has 1 unspecified atom stereocenters. The van der Waals surface area contributed by atoms with Gasteiger partial charge in [0.05, 0.1) is 11.9 Å². The molecule has 0 amide bonds. The van der Waals surface area contributed by atoms with E-state index in [2.05, 4.69) is 10.5 Å². The van der Waals surface area contributed by atoms with E-state index in [1.165, 1.54) is 0 Å². The zero-order chi connectivity index (χ0) is 13.5. The van der Waals surface area contributed by atoms with Crippen molar-refractivity contribution in [3.63, 3.8) is 0 Å². The number of hydrogen-bond donors (Lipinski definition) is 2. The Labute approximate surface area is 116 Å². The maximum absolute atomic E-state index is 10.3. The number of anilines is 1. The van der Waals surface area contributed by atoms with Crippen LogP contribution in [0.3, 0.4) is 0 Å². The van der Waals surface area contributed by atoms with E-state index in [0.717, 1.165) is 28.1 Å². The summed E-state index contributed by atoms with van der Waals surface area (Å²) >= 11 is 0. The number of para-hydroxylation sites is 1. The lowest BCUT2D eigenvalue weighted by atomic mass is 10.1. The van der Waals surface area contributed by atoms with E-state index in [-0.39, 0.29) is 0 Å². The van der Waals surface area contributed by atoms with Gasteiger partial charge in [0, 0.05) is 11.1 Å². The zero-order valence-corrected chi connectivity index (χ0v) is 10.7. The van der Waals surface area contributed by atoms with Crippen molar-refractivity contribution in [3.05, 3.63) is 71.9 Å². The van der Waals surface area contributed by atoms with Gasteiger partial charge in [-0.2, -0.15) is 9.89 Å². The number of aromatic nitrogens is 2. The number of nitrogens with zero attached hydrogens (tertiary/aromatic N) is 2. The third-order valence-electron chi connectivity index (χ3n) is 3.57. The highest BCUT2D eigenvalue weighted by atomic mass is 16.3. The van der Waals surface area contributed by atoms with Crippen LogP contribution < -0.4 is 5.43 Å². The summed E-state index contributed by atoms with van der Waals surface area (Å²) in [5, 5.41) is 14.9. The van der Waals surface area contributed by atoms with Crippen molar-refractivity contribution in [2.45, 2.75) is 6.10 Å². The summed E-state index contributed by atoms with van der Waals surface area (Å²) in [6, 6.07) is 17.7. The molecule has 1 aliphatic rings. The second-order valence-corrected chi connectivity index (χ2v) is 4.85. The Morgan fingerprint density at radius 2 is 1.70 bits per heavy atom. The highest BCUT2D eigenvalue weighted by molar-refractivity contribution is 5.74. The minimum atomic E-state index is -0.590. The first-order valence-corrected chi connectivity index (χ1v) is 6.52. The Bertz CT molecular complexity index is 764. The van der Waals surface area contributed by atoms with Gasteiger partial charge in [0.25, 0.3) is 0 Å². The van der Waals surface area contributed by atoms with Gasteiger partial charge in [0.2, 0.25) is 0 Å². The van der Waals surface area contributed by atoms with Gasteiger partial charge in [-0.05, 0) is 17.7 Å². The predicted molar refractivity (Wildman–Crippen MR) is 77.2 cm³/mol. The molecule has 4 heteroatoms. The number of nitrogens with one attached hydrogen (secondary N) is 1. The number of fused-ring (bicyclic) bond motifs is 3. The Kier molecular flexibility index (Phi) is 2.37. The molecular weight excluding hydrogens is 250 g/mol. The maximum atomic E-state index is 10.3. The first-order valence-electron chi connectivity index (χ1n) is 6.52. The molecule has 3 aromatic rings. The third kappa shape index (κ3) is 1.62. The molecule has 4 nitrogen and oxygen atoms in total. The topological polar surface area (TPSA) is 50.1 Å². The minimum Gasteiger partial charge on any atom is -0.383 e. The molecule has 4 rings (SSSR count). The van der Waals surface area contributed by atoms with Crippen molar-refractivity contribution in [1.29, 1.82) is 0 Å². The van der Waals surface area contributed by atoms with Crippen molar-refractivity contribution in [2.75, 3.05) is 5.43 Å². The smallest absolute Gasteiger partial charge is 0.108 e. The maximum Gasteiger partial charge on any atom is 0.108 e. The van der Waals surface area contributed by atoms with Crippen molar-refractivity contribution in [3.8, 4) is 11.3 Å². The summed E-state index contributed by atoms with van der Waals surface area (Å²) < 4.78 is 0. The molecule has 2 N–H and O–H groups in total. The van der Waals surface area contributed by atoms with Crippen molar-refractivity contribution in [1.82, 2.24) is 9.89 Å². The van der Waals surface area contributed by atoms with Crippen LogP contribution >= 0.6 is 0 Å². The van der Waals surface area contributed by atoms with Crippen LogP contribution in [0.5, 0.6) is 0 Å². The van der Waals surface area contributed by atoms with Crippen LogP contribution in [0.25, 0.3) is 11.3 Å². The van der Waals surface area contributed by atoms with Crippen LogP contribution in [0, 0.1) is 0 Å². The molecule has 0 saturated heterocycles. The molecule has 0 bridgehead atoms. The molecule has 2 aromatic carbocycles. The van der Waals surface area contributed by atoms with E-state index in [4.69, 9.17) is 0 Å². The van der Waals surface area contributed by atoms with Gasteiger partial charge in [0.1, 0.15) is 11.8 Å². The number of rotatable bonds is 2. The second-order valence-electron chi connectivity index (χ2n) is 4.85. The van der Waals surface area contributed by atoms with Crippen LogP contribution in [0.2, 0.25) is 0 Å². The van der Waals surface area contributed by atoms with E-state index in [1.54, 1.807) is 4.79 Å². The molecule has 0 saturated carbocycles. The average molecular weight is 263 g/mol. The van der Waals surface area contributed by atoms with Gasteiger partial charge in [-0.3, -0.25) is 5.43 Å². The molecule has 0 radical (unpaired) electrons. The fourth-order valence-corrected chi connectivity index (χ4v) is 2.62. The molecule has 0 fully saturated rings. The second kappa shape index (κ2) is 4.21. The van der Waals surface area contributed by atoms with E-state index in [0.29, 0.717) is 0 Å². The van der Waals surface area contributed by atoms with Gasteiger partial charge >= 0.3 is 0 Å². The molecule has 98 valence electrons. The summed E-state index contributed by atoms with van der Waals surface area (Å²) in [4.78, 5) is 1.65. The Balaban J connectivity index is 1.74. The third-order valence-corrected chi connectivity index (χ3v) is 3.57. The molecule has 1 aromatic heterocycles. The normalized spacial score (nSPS) is 15.8. The van der Waals surface area contributed by atoms with Crippen LogP contribution in [-0.2, 0) is 0 Å². The van der Waals surface area contributed by atoms with E-state index >= 15 is 0 Å². The summed E-state index contributed by atoms with van der Waals surface area (Å²) in [5.41, 5.74) is 7.75. The van der Waals surface area contributed by atoms with Crippen molar-refractivity contribution < 1.29 is 5.11 Å². The molecule has 0 spiro atoms. The molecule has 1 aliphatic carbocycles. The Hall–Kier alpha value is -2.59. The molecule has 1 atom stereocenters. The number of aliphatic hydroxyl groups is 1. The summed E-state index contributed by atoms with van der Waals surface area (Å²) in [6.07, 6.45) is 1.25. The minimum absolute atomic E-state index is 0.590. The summed E-state index contributed by atoms with van der Waals surface area (Å²) in [6.45, 7) is 0. The fourth-order valence-electron chi connectivity index (χ4n) is 2.62. The summed E-state index contributed by atoms with van der Waals surface area (Å²) in [5.74, 6) is 0. The first kappa shape index (κ1) is 11.3. The Morgan fingerprint density at radius 1 is 0.950 bits per heavy atom. The molecule has 0 aliphatic heterocycles. The van der Waals surface area contributed by atoms with E-state index in [1.807, 2.05) is 60.8 Å². The molecule has 1 heterocycles. The molecular formula is C16H13N3O. The van der Waals surface area contributed by atoms with Crippen molar-refractivity contribution in [2.24, 2.45) is 0 Å². The molecule has 20 heavy (non-hydrogen) atoms. The lowest BCUT2D eigenvalue weighted by Crippen LogP contribution is -2.10. The van der Waals surface area contributed by atoms with E-state index in [9.17, 15) is 5.11 Å². The van der Waals surface area contributed by atoms with Crippen LogP contribution in [0.4, 0.5) is 5.69 Å². The quantitative estimate of drug-likeness (QED) is 0.747. The summed E-state index contributed by atoms with van der Waals surface area (Å²) in [7, 11) is 0. The fraction of sp³-hybridized carbons (Fsp3) is 0.0625. The van der Waals surface area contributed by atoms with Gasteiger partial charge in [0.15, 0.2) is 0 Å². The first-order chi connectivity index (χ1) is 9.83. The Morgan fingerprint density at radius 3 is 2.55 bits per heavy atom. The highest BCUT2D eigenvalue weighted by Crippen LogP contribution is 2.42. The van der Waals surface area contributed by atoms with Gasteiger partial charge in [-0.25, -0.2) is 0 Å². The largest absolute Gasteiger partial charge is 0.383 e. The predicted octanol–water partition coefficient (Wildman–Crippen LogP) is 2.82. The zero-order valence-electron chi connectivity index (χ0n) is 10.7.